The van der Waals surface area contributed by atoms with Crippen LogP contribution in [0.15, 0.2) is 24.4 Å². The number of carbonyl (C=O) groups is 1. The molecule has 0 saturated carbocycles. The first-order chi connectivity index (χ1) is 9.85. The number of rotatable bonds is 2. The Balaban J connectivity index is 1.91. The normalized spacial score (nSPS) is 16.6. The van der Waals surface area contributed by atoms with Crippen LogP contribution in [0.5, 0.6) is 0 Å². The van der Waals surface area contributed by atoms with Gasteiger partial charge in [0.1, 0.15) is 0 Å². The summed E-state index contributed by atoms with van der Waals surface area (Å²) in [5, 5.41) is 0. The lowest BCUT2D eigenvalue weighted by Gasteiger charge is -2.34. The van der Waals surface area contributed by atoms with E-state index >= 15 is 0 Å². The van der Waals surface area contributed by atoms with Crippen molar-refractivity contribution in [2.75, 3.05) is 31.1 Å². The van der Waals surface area contributed by atoms with Gasteiger partial charge in [0.2, 0.25) is 11.9 Å². The number of amides is 1. The second-order valence-electron chi connectivity index (χ2n) is 4.69. The minimum Gasteiger partial charge on any atom is -0.337 e. The Labute approximate surface area is 120 Å². The van der Waals surface area contributed by atoms with Crippen LogP contribution in [0.3, 0.4) is 0 Å². The van der Waals surface area contributed by atoms with Crippen LogP contribution in [-0.4, -0.2) is 53.1 Å². The van der Waals surface area contributed by atoms with Gasteiger partial charge >= 0.3 is 6.18 Å². The average molecular weight is 300 g/mol. The number of hydrogen-bond acceptors (Lipinski definition) is 4. The molecule has 0 bridgehead atoms. The van der Waals surface area contributed by atoms with Crippen molar-refractivity contribution in [2.24, 2.45) is 0 Å². The summed E-state index contributed by atoms with van der Waals surface area (Å²) in [5.74, 6) is -0.0509. The zero-order chi connectivity index (χ0) is 15.5. The third kappa shape index (κ3) is 4.44. The molecule has 1 saturated heterocycles. The molecular formula is C13H15F3N4O. The van der Waals surface area contributed by atoms with E-state index in [2.05, 4.69) is 9.97 Å². The predicted octanol–water partition coefficient (Wildman–Crippen LogP) is 1.55. The van der Waals surface area contributed by atoms with Crippen molar-refractivity contribution in [2.45, 2.75) is 13.1 Å². The molecule has 1 aromatic rings. The van der Waals surface area contributed by atoms with Gasteiger partial charge < -0.3 is 9.80 Å². The van der Waals surface area contributed by atoms with Crippen LogP contribution in [0.25, 0.3) is 0 Å². The number of alkyl halides is 3. The number of carbonyl (C=O) groups excluding carboxylic acids is 1. The number of hydrogen-bond donors (Lipinski definition) is 0. The molecule has 0 N–H and O–H groups in total. The maximum atomic E-state index is 12.0. The van der Waals surface area contributed by atoms with Crippen molar-refractivity contribution in [3.05, 3.63) is 30.1 Å². The smallest absolute Gasteiger partial charge is 0.337 e. The second-order valence-corrected chi connectivity index (χ2v) is 4.69. The summed E-state index contributed by atoms with van der Waals surface area (Å²) in [7, 11) is 0. The van der Waals surface area contributed by atoms with E-state index < -0.39 is 12.1 Å². The van der Waals surface area contributed by atoms with Crippen molar-refractivity contribution in [1.82, 2.24) is 14.9 Å². The highest BCUT2D eigenvalue weighted by atomic mass is 19.4. The fourth-order valence-corrected chi connectivity index (χ4v) is 1.99. The summed E-state index contributed by atoms with van der Waals surface area (Å²) >= 11 is 0. The zero-order valence-corrected chi connectivity index (χ0v) is 11.5. The van der Waals surface area contributed by atoms with Gasteiger partial charge in [-0.2, -0.15) is 13.2 Å². The first-order valence-electron chi connectivity index (χ1n) is 6.44. The summed E-state index contributed by atoms with van der Waals surface area (Å²) in [6.45, 7) is 3.54. The van der Waals surface area contributed by atoms with Crippen molar-refractivity contribution in [3.8, 4) is 0 Å². The van der Waals surface area contributed by atoms with Crippen molar-refractivity contribution in [3.63, 3.8) is 0 Å². The molecule has 1 aromatic heterocycles. The molecule has 8 heteroatoms. The number of aromatic nitrogens is 2. The number of piperazine rings is 1. The Kier molecular flexibility index (Phi) is 4.44. The van der Waals surface area contributed by atoms with Crippen LogP contribution in [0.1, 0.15) is 5.69 Å². The molecule has 1 aliphatic rings. The van der Waals surface area contributed by atoms with Gasteiger partial charge in [0.05, 0.1) is 0 Å². The summed E-state index contributed by atoms with van der Waals surface area (Å²) in [6, 6.07) is 1.78. The average Bonchev–Trinajstić information content (AvgIpc) is 2.44. The Bertz CT molecular complexity index is 536. The molecule has 0 unspecified atom stereocenters. The molecule has 0 radical (unpaired) electrons. The zero-order valence-electron chi connectivity index (χ0n) is 11.5. The second kappa shape index (κ2) is 6.11. The van der Waals surface area contributed by atoms with Gasteiger partial charge in [-0.15, -0.1) is 0 Å². The van der Waals surface area contributed by atoms with Gasteiger partial charge in [0.15, 0.2) is 0 Å². The molecule has 21 heavy (non-hydrogen) atoms. The molecule has 1 aliphatic heterocycles. The van der Waals surface area contributed by atoms with Crippen LogP contribution in [-0.2, 0) is 4.79 Å². The highest BCUT2D eigenvalue weighted by Gasteiger charge is 2.25. The molecule has 0 spiro atoms. The van der Waals surface area contributed by atoms with Crippen LogP contribution in [0.4, 0.5) is 19.1 Å². The Hall–Kier alpha value is -2.12. The standard InChI is InChI=1S/C13H15F3N4O/c1-10-3-5-17-12(18-10)20-8-6-19(7-9-20)11(21)2-4-13(14,15)16/h2-5H,6-9H2,1H3/b4-2+. The van der Waals surface area contributed by atoms with E-state index in [1.54, 1.807) is 12.3 Å². The lowest BCUT2D eigenvalue weighted by atomic mass is 10.3. The third-order valence-corrected chi connectivity index (χ3v) is 3.07. The minimum atomic E-state index is -4.47. The van der Waals surface area contributed by atoms with E-state index in [1.165, 1.54) is 4.90 Å². The molecular weight excluding hydrogens is 285 g/mol. The van der Waals surface area contributed by atoms with Gasteiger partial charge in [0, 0.05) is 50.2 Å². The van der Waals surface area contributed by atoms with Gasteiger partial charge in [-0.25, -0.2) is 9.97 Å². The maximum Gasteiger partial charge on any atom is 0.409 e. The Morgan fingerprint density at radius 1 is 1.29 bits per heavy atom. The van der Waals surface area contributed by atoms with E-state index in [1.807, 2.05) is 11.8 Å². The lowest BCUT2D eigenvalue weighted by molar-refractivity contribution is -0.127. The number of anilines is 1. The predicted molar refractivity (Wildman–Crippen MR) is 70.8 cm³/mol. The number of nitrogens with zero attached hydrogens (tertiary/aromatic N) is 4. The number of aryl methyl sites for hydroxylation is 1. The number of halogens is 3. The van der Waals surface area contributed by atoms with Crippen LogP contribution in [0.2, 0.25) is 0 Å². The van der Waals surface area contributed by atoms with E-state index in [4.69, 9.17) is 0 Å². The van der Waals surface area contributed by atoms with Crippen molar-refractivity contribution < 1.29 is 18.0 Å². The topological polar surface area (TPSA) is 49.3 Å². The SMILES string of the molecule is Cc1ccnc(N2CCN(C(=O)/C=C/C(F)(F)F)CC2)n1. The first kappa shape index (κ1) is 15.3. The van der Waals surface area contributed by atoms with Crippen LogP contribution < -0.4 is 4.90 Å². The number of allylic oxidation sites excluding steroid dienone is 1. The fraction of sp³-hybridized carbons (Fsp3) is 0.462. The van der Waals surface area contributed by atoms with Gasteiger partial charge in [-0.3, -0.25) is 4.79 Å². The van der Waals surface area contributed by atoms with Gasteiger partial charge in [0.25, 0.3) is 0 Å². The third-order valence-electron chi connectivity index (χ3n) is 3.07. The van der Waals surface area contributed by atoms with Crippen molar-refractivity contribution >= 4 is 11.9 Å². The summed E-state index contributed by atoms with van der Waals surface area (Å²) in [5.41, 5.74) is 0.839. The fourth-order valence-electron chi connectivity index (χ4n) is 1.99. The van der Waals surface area contributed by atoms with Crippen LogP contribution >= 0.6 is 0 Å². The molecule has 1 fully saturated rings. The minimum absolute atomic E-state index is 0.0363. The van der Waals surface area contributed by atoms with E-state index in [0.717, 1.165) is 5.69 Å². The largest absolute Gasteiger partial charge is 0.409 e. The summed E-state index contributed by atoms with van der Waals surface area (Å²) in [6.07, 6.45) is -2.28. The quantitative estimate of drug-likeness (QED) is 0.778. The molecule has 0 aromatic carbocycles. The van der Waals surface area contributed by atoms with E-state index in [0.29, 0.717) is 38.2 Å². The monoisotopic (exact) mass is 300 g/mol. The van der Waals surface area contributed by atoms with E-state index in [9.17, 15) is 18.0 Å². The summed E-state index contributed by atoms with van der Waals surface area (Å²) < 4.78 is 36.1. The van der Waals surface area contributed by atoms with E-state index in [-0.39, 0.29) is 6.08 Å². The highest BCUT2D eigenvalue weighted by Crippen LogP contribution is 2.16. The molecule has 0 atom stereocenters. The summed E-state index contributed by atoms with van der Waals surface area (Å²) in [4.78, 5) is 23.4. The highest BCUT2D eigenvalue weighted by molar-refractivity contribution is 5.87. The molecule has 2 heterocycles. The Morgan fingerprint density at radius 3 is 2.52 bits per heavy atom. The molecule has 114 valence electrons. The van der Waals surface area contributed by atoms with Crippen LogP contribution in [0, 0.1) is 6.92 Å². The first-order valence-corrected chi connectivity index (χ1v) is 6.44. The van der Waals surface area contributed by atoms with Gasteiger partial charge in [-0.05, 0) is 13.0 Å². The molecule has 2 rings (SSSR count). The maximum absolute atomic E-state index is 12.0. The van der Waals surface area contributed by atoms with Gasteiger partial charge in [-0.1, -0.05) is 0 Å². The molecule has 0 aliphatic carbocycles. The molecule has 1 amide bonds. The molecule has 5 nitrogen and oxygen atoms in total. The lowest BCUT2D eigenvalue weighted by Crippen LogP contribution is -2.48. The van der Waals surface area contributed by atoms with Crippen molar-refractivity contribution in [1.29, 1.82) is 0 Å². The Morgan fingerprint density at radius 2 is 1.95 bits per heavy atom.